The molecule has 0 unspecified atom stereocenters. The second kappa shape index (κ2) is 9.72. The molecule has 3 N–H and O–H groups in total. The maximum absolute atomic E-state index is 12.2. The van der Waals surface area contributed by atoms with Gasteiger partial charge in [-0.1, -0.05) is 51.0 Å². The van der Waals surface area contributed by atoms with Crippen LogP contribution in [0.5, 0.6) is 0 Å². The van der Waals surface area contributed by atoms with Gasteiger partial charge in [-0.2, -0.15) is 0 Å². The third kappa shape index (κ3) is 6.45. The first kappa shape index (κ1) is 20.4. The molecule has 0 saturated heterocycles. The predicted octanol–water partition coefficient (Wildman–Crippen LogP) is 3.69. The summed E-state index contributed by atoms with van der Waals surface area (Å²) in [7, 11) is 0. The first-order chi connectivity index (χ1) is 12.3. The van der Waals surface area contributed by atoms with Gasteiger partial charge in [-0.05, 0) is 50.2 Å². The largest absolute Gasteiger partial charge is 0.335 e. The number of amides is 3. The number of nitrogens with one attached hydrogen (secondary N) is 3. The van der Waals surface area contributed by atoms with Crippen LogP contribution in [0, 0.1) is 5.92 Å². The van der Waals surface area contributed by atoms with E-state index in [1.165, 1.54) is 5.56 Å². The summed E-state index contributed by atoms with van der Waals surface area (Å²) in [5, 5.41) is 8.58. The molecule has 144 valence electrons. The number of hydrogen-bond acceptors (Lipinski definition) is 3. The summed E-state index contributed by atoms with van der Waals surface area (Å²) < 4.78 is 0. The second-order valence-corrected chi connectivity index (χ2v) is 7.89. The number of hydrogen-bond donors (Lipinski definition) is 3. The van der Waals surface area contributed by atoms with E-state index in [2.05, 4.69) is 54.1 Å². The normalized spacial score (nSPS) is 17.1. The zero-order valence-electron chi connectivity index (χ0n) is 16.5. The summed E-state index contributed by atoms with van der Waals surface area (Å²) in [6.45, 7) is 8.23. The standard InChI is InChI=1S/C21H33N3O2/c1-14(2)13-17-9-11-18(12-10-17)15(3)22-16(4)20(25)24-21(26)23-19-7-5-6-8-19/h9-12,14-16,19,22H,5-8,13H2,1-4H3,(H2,23,24,25,26)/t15-,16-/m0/s1. The Kier molecular flexibility index (Phi) is 7.64. The van der Waals surface area contributed by atoms with Crippen molar-refractivity contribution in [1.82, 2.24) is 16.0 Å². The number of imide groups is 1. The molecule has 1 fully saturated rings. The zero-order valence-corrected chi connectivity index (χ0v) is 16.5. The molecule has 0 aliphatic heterocycles. The molecule has 2 atom stereocenters. The molecule has 0 bridgehead atoms. The van der Waals surface area contributed by atoms with Crippen LogP contribution in [0.1, 0.15) is 70.5 Å². The zero-order chi connectivity index (χ0) is 19.1. The molecule has 0 aromatic heterocycles. The quantitative estimate of drug-likeness (QED) is 0.695. The van der Waals surface area contributed by atoms with E-state index in [4.69, 9.17) is 0 Å². The fourth-order valence-corrected chi connectivity index (χ4v) is 3.47. The average molecular weight is 360 g/mol. The SMILES string of the molecule is CC(C)Cc1ccc([C@H](C)N[C@@H](C)C(=O)NC(=O)NC2CCCC2)cc1. The first-order valence-corrected chi connectivity index (χ1v) is 9.81. The summed E-state index contributed by atoms with van der Waals surface area (Å²) in [5.74, 6) is 0.333. The van der Waals surface area contributed by atoms with Gasteiger partial charge in [-0.15, -0.1) is 0 Å². The van der Waals surface area contributed by atoms with Crippen LogP contribution >= 0.6 is 0 Å². The summed E-state index contributed by atoms with van der Waals surface area (Å²) in [5.41, 5.74) is 2.46. The minimum absolute atomic E-state index is 0.0294. The minimum Gasteiger partial charge on any atom is -0.335 e. The van der Waals surface area contributed by atoms with Gasteiger partial charge in [0, 0.05) is 12.1 Å². The Morgan fingerprint density at radius 2 is 1.65 bits per heavy atom. The van der Waals surface area contributed by atoms with E-state index in [1.807, 2.05) is 6.92 Å². The lowest BCUT2D eigenvalue weighted by Crippen LogP contribution is -2.50. The van der Waals surface area contributed by atoms with Crippen molar-refractivity contribution in [3.8, 4) is 0 Å². The fourth-order valence-electron chi connectivity index (χ4n) is 3.47. The molecule has 0 heterocycles. The molecule has 5 nitrogen and oxygen atoms in total. The summed E-state index contributed by atoms with van der Waals surface area (Å²) in [6.07, 6.45) is 5.35. The van der Waals surface area contributed by atoms with Crippen LogP contribution in [0.2, 0.25) is 0 Å². The Balaban J connectivity index is 1.80. The van der Waals surface area contributed by atoms with Crippen LogP contribution in [0.3, 0.4) is 0 Å². The molecule has 1 aliphatic carbocycles. The van der Waals surface area contributed by atoms with Crippen molar-refractivity contribution in [3.63, 3.8) is 0 Å². The van der Waals surface area contributed by atoms with Crippen LogP contribution in [0.15, 0.2) is 24.3 Å². The van der Waals surface area contributed by atoms with Gasteiger partial charge in [-0.3, -0.25) is 15.4 Å². The lowest BCUT2D eigenvalue weighted by atomic mass is 9.99. The number of rotatable bonds is 7. The van der Waals surface area contributed by atoms with Crippen LogP contribution < -0.4 is 16.0 Å². The highest BCUT2D eigenvalue weighted by molar-refractivity contribution is 5.96. The topological polar surface area (TPSA) is 70.2 Å². The highest BCUT2D eigenvalue weighted by Gasteiger charge is 2.21. The van der Waals surface area contributed by atoms with Crippen molar-refractivity contribution in [2.45, 2.75) is 77.9 Å². The fraction of sp³-hybridized carbons (Fsp3) is 0.619. The van der Waals surface area contributed by atoms with E-state index in [-0.39, 0.29) is 24.0 Å². The molecule has 1 aromatic carbocycles. The summed E-state index contributed by atoms with van der Waals surface area (Å²) >= 11 is 0. The minimum atomic E-state index is -0.449. The average Bonchev–Trinajstić information content (AvgIpc) is 3.07. The number of carbonyl (C=O) groups excluding carboxylic acids is 2. The van der Waals surface area contributed by atoms with Crippen molar-refractivity contribution in [1.29, 1.82) is 0 Å². The van der Waals surface area contributed by atoms with Gasteiger partial charge in [0.15, 0.2) is 0 Å². The number of urea groups is 1. The molecule has 0 radical (unpaired) electrons. The van der Waals surface area contributed by atoms with Gasteiger partial charge in [0.05, 0.1) is 6.04 Å². The summed E-state index contributed by atoms with van der Waals surface area (Å²) in [6, 6.07) is 7.90. The molecule has 3 amide bonds. The molecule has 26 heavy (non-hydrogen) atoms. The van der Waals surface area contributed by atoms with Crippen molar-refractivity contribution >= 4 is 11.9 Å². The lowest BCUT2D eigenvalue weighted by molar-refractivity contribution is -0.121. The molecular weight excluding hydrogens is 326 g/mol. The van der Waals surface area contributed by atoms with Crippen molar-refractivity contribution < 1.29 is 9.59 Å². The van der Waals surface area contributed by atoms with Crippen LogP contribution in [-0.4, -0.2) is 24.0 Å². The van der Waals surface area contributed by atoms with Crippen LogP contribution in [0.4, 0.5) is 4.79 Å². The third-order valence-corrected chi connectivity index (χ3v) is 4.94. The van der Waals surface area contributed by atoms with Crippen molar-refractivity contribution in [2.24, 2.45) is 5.92 Å². The highest BCUT2D eigenvalue weighted by Crippen LogP contribution is 2.18. The molecule has 1 saturated carbocycles. The van der Waals surface area contributed by atoms with E-state index in [0.717, 1.165) is 37.7 Å². The monoisotopic (exact) mass is 359 g/mol. The van der Waals surface area contributed by atoms with Gasteiger partial charge in [0.2, 0.25) is 5.91 Å². The third-order valence-electron chi connectivity index (χ3n) is 4.94. The van der Waals surface area contributed by atoms with E-state index >= 15 is 0 Å². The van der Waals surface area contributed by atoms with Gasteiger partial charge >= 0.3 is 6.03 Å². The van der Waals surface area contributed by atoms with Gasteiger partial charge in [0.1, 0.15) is 0 Å². The lowest BCUT2D eigenvalue weighted by Gasteiger charge is -2.20. The molecule has 0 spiro atoms. The van der Waals surface area contributed by atoms with E-state index in [9.17, 15) is 9.59 Å². The van der Waals surface area contributed by atoms with Crippen LogP contribution in [0.25, 0.3) is 0 Å². The Labute approximate surface area is 157 Å². The molecular formula is C21H33N3O2. The van der Waals surface area contributed by atoms with Crippen molar-refractivity contribution in [2.75, 3.05) is 0 Å². The predicted molar refractivity (Wildman–Crippen MR) is 105 cm³/mol. The molecule has 1 aliphatic rings. The highest BCUT2D eigenvalue weighted by atomic mass is 16.2. The van der Waals surface area contributed by atoms with Gasteiger partial charge in [0.25, 0.3) is 0 Å². The maximum Gasteiger partial charge on any atom is 0.321 e. The molecule has 1 aromatic rings. The van der Waals surface area contributed by atoms with Crippen molar-refractivity contribution in [3.05, 3.63) is 35.4 Å². The van der Waals surface area contributed by atoms with Crippen LogP contribution in [-0.2, 0) is 11.2 Å². The Hall–Kier alpha value is -1.88. The van der Waals surface area contributed by atoms with E-state index in [0.29, 0.717) is 5.92 Å². The molecule has 2 rings (SSSR count). The maximum atomic E-state index is 12.2. The Bertz CT molecular complexity index is 592. The second-order valence-electron chi connectivity index (χ2n) is 7.89. The number of benzene rings is 1. The van der Waals surface area contributed by atoms with E-state index < -0.39 is 6.04 Å². The molecule has 5 heteroatoms. The number of carbonyl (C=O) groups is 2. The van der Waals surface area contributed by atoms with Gasteiger partial charge in [-0.25, -0.2) is 4.79 Å². The van der Waals surface area contributed by atoms with Gasteiger partial charge < -0.3 is 5.32 Å². The summed E-state index contributed by atoms with van der Waals surface area (Å²) in [4.78, 5) is 24.2. The Morgan fingerprint density at radius 3 is 2.23 bits per heavy atom. The first-order valence-electron chi connectivity index (χ1n) is 9.81. The Morgan fingerprint density at radius 1 is 1.04 bits per heavy atom. The van der Waals surface area contributed by atoms with E-state index in [1.54, 1.807) is 6.92 Å². The smallest absolute Gasteiger partial charge is 0.321 e.